The van der Waals surface area contributed by atoms with Crippen LogP contribution in [0.2, 0.25) is 0 Å². The van der Waals surface area contributed by atoms with Crippen molar-refractivity contribution >= 4 is 17.3 Å². The second-order valence-corrected chi connectivity index (χ2v) is 9.24. The lowest BCUT2D eigenvalue weighted by atomic mass is 9.96. The number of nitrogens with zero attached hydrogens (tertiary/aromatic N) is 3. The van der Waals surface area contributed by atoms with Crippen LogP contribution in [0, 0.1) is 25.6 Å². The summed E-state index contributed by atoms with van der Waals surface area (Å²) in [5.41, 5.74) is 1.93. The van der Waals surface area contributed by atoms with Crippen molar-refractivity contribution in [2.45, 2.75) is 46.6 Å². The maximum Gasteiger partial charge on any atom is 0.191 e. The summed E-state index contributed by atoms with van der Waals surface area (Å²) in [7, 11) is 0. The molecule has 1 aliphatic rings. The molecule has 5 nitrogen and oxygen atoms in total. The van der Waals surface area contributed by atoms with Crippen LogP contribution in [0.4, 0.5) is 4.39 Å². The molecule has 0 spiro atoms. The Morgan fingerprint density at radius 1 is 1.23 bits per heavy atom. The predicted octanol–water partition coefficient (Wildman–Crippen LogP) is 3.91. The van der Waals surface area contributed by atoms with Crippen molar-refractivity contribution < 1.29 is 4.39 Å². The average molecular weight is 432 g/mol. The molecule has 0 aliphatic carbocycles. The quantitative estimate of drug-likeness (QED) is 0.492. The smallest absolute Gasteiger partial charge is 0.191 e. The Morgan fingerprint density at radius 3 is 2.67 bits per heavy atom. The molecule has 1 aliphatic heterocycles. The third kappa shape index (κ3) is 6.77. The third-order valence-corrected chi connectivity index (χ3v) is 6.75. The number of likely N-dealkylation sites (tertiary alicyclic amines) is 1. The molecule has 0 amide bonds. The fraction of sp³-hybridized carbons (Fsp3) is 0.565. The van der Waals surface area contributed by atoms with Crippen LogP contribution in [0.1, 0.15) is 40.9 Å². The molecule has 2 N–H and O–H groups in total. The van der Waals surface area contributed by atoms with Crippen molar-refractivity contribution in [3.05, 3.63) is 51.2 Å². The first-order chi connectivity index (χ1) is 14.5. The van der Waals surface area contributed by atoms with E-state index in [0.29, 0.717) is 12.5 Å². The number of rotatable bonds is 8. The zero-order valence-corrected chi connectivity index (χ0v) is 19.2. The molecule has 0 unspecified atom stereocenters. The first-order valence-corrected chi connectivity index (χ1v) is 11.8. The van der Waals surface area contributed by atoms with E-state index in [0.717, 1.165) is 69.2 Å². The molecule has 0 bridgehead atoms. The van der Waals surface area contributed by atoms with Gasteiger partial charge in [-0.2, -0.15) is 0 Å². The largest absolute Gasteiger partial charge is 0.357 e. The molecule has 7 heteroatoms. The maximum atomic E-state index is 13.9. The lowest BCUT2D eigenvalue weighted by Crippen LogP contribution is -2.39. The molecule has 1 fully saturated rings. The summed E-state index contributed by atoms with van der Waals surface area (Å²) in [4.78, 5) is 13.1. The standard InChI is InChI=1S/C23H34FN5S/c1-4-25-23(26-12-9-22-28-17(2)18(3)30-22)27-15-19-10-13-29(14-11-19)16-20-7-5-6-8-21(20)24/h5-8,19H,4,9-16H2,1-3H3,(H2,25,26,27). The first kappa shape index (κ1) is 22.7. The highest BCUT2D eigenvalue weighted by molar-refractivity contribution is 7.11. The van der Waals surface area contributed by atoms with Crippen LogP contribution in [-0.4, -0.2) is 48.6 Å². The van der Waals surface area contributed by atoms with Crippen LogP contribution in [0.25, 0.3) is 0 Å². The summed E-state index contributed by atoms with van der Waals surface area (Å²) < 4.78 is 13.9. The number of piperidine rings is 1. The first-order valence-electron chi connectivity index (χ1n) is 11.0. The number of aryl methyl sites for hydroxylation is 2. The highest BCUT2D eigenvalue weighted by Crippen LogP contribution is 2.20. The van der Waals surface area contributed by atoms with Crippen LogP contribution in [-0.2, 0) is 13.0 Å². The van der Waals surface area contributed by atoms with Crippen LogP contribution < -0.4 is 10.6 Å². The predicted molar refractivity (Wildman–Crippen MR) is 124 cm³/mol. The second kappa shape index (κ2) is 11.4. The number of aliphatic imine (C=N–C) groups is 1. The van der Waals surface area contributed by atoms with Gasteiger partial charge in [0.15, 0.2) is 5.96 Å². The molecule has 0 saturated carbocycles. The van der Waals surface area contributed by atoms with Crippen LogP contribution in [0.3, 0.4) is 0 Å². The highest BCUT2D eigenvalue weighted by atomic mass is 32.1. The summed E-state index contributed by atoms with van der Waals surface area (Å²) in [6, 6.07) is 7.08. The number of hydrogen-bond acceptors (Lipinski definition) is 4. The molecule has 1 aromatic carbocycles. The van der Waals surface area contributed by atoms with Gasteiger partial charge in [0.1, 0.15) is 5.82 Å². The van der Waals surface area contributed by atoms with Gasteiger partial charge in [-0.05, 0) is 58.7 Å². The van der Waals surface area contributed by atoms with E-state index in [1.807, 2.05) is 12.1 Å². The minimum absolute atomic E-state index is 0.103. The summed E-state index contributed by atoms with van der Waals surface area (Å²) in [6.45, 7) is 11.5. The molecule has 164 valence electrons. The Hall–Kier alpha value is -1.99. The molecule has 0 radical (unpaired) electrons. The van der Waals surface area contributed by atoms with Crippen molar-refractivity contribution in [2.75, 3.05) is 32.7 Å². The Morgan fingerprint density at radius 2 is 2.00 bits per heavy atom. The molecule has 2 heterocycles. The fourth-order valence-electron chi connectivity index (χ4n) is 3.69. The Kier molecular flexibility index (Phi) is 8.63. The van der Waals surface area contributed by atoms with E-state index in [-0.39, 0.29) is 5.82 Å². The maximum absolute atomic E-state index is 13.9. The van der Waals surface area contributed by atoms with Crippen molar-refractivity contribution in [3.63, 3.8) is 0 Å². The van der Waals surface area contributed by atoms with Gasteiger partial charge in [0.05, 0.1) is 10.7 Å². The highest BCUT2D eigenvalue weighted by Gasteiger charge is 2.20. The molecular formula is C23H34FN5S. The molecule has 1 saturated heterocycles. The summed E-state index contributed by atoms with van der Waals surface area (Å²) in [5.74, 6) is 1.37. The van der Waals surface area contributed by atoms with Crippen molar-refractivity contribution in [1.29, 1.82) is 0 Å². The van der Waals surface area contributed by atoms with E-state index in [9.17, 15) is 4.39 Å². The van der Waals surface area contributed by atoms with E-state index in [2.05, 4.69) is 41.3 Å². The zero-order valence-electron chi connectivity index (χ0n) is 18.4. The normalized spacial score (nSPS) is 16.1. The average Bonchev–Trinajstić information content (AvgIpc) is 3.06. The van der Waals surface area contributed by atoms with Crippen molar-refractivity contribution in [1.82, 2.24) is 20.5 Å². The van der Waals surface area contributed by atoms with Gasteiger partial charge >= 0.3 is 0 Å². The van der Waals surface area contributed by atoms with E-state index in [4.69, 9.17) is 4.99 Å². The van der Waals surface area contributed by atoms with Gasteiger partial charge < -0.3 is 10.6 Å². The van der Waals surface area contributed by atoms with E-state index in [1.54, 1.807) is 23.5 Å². The molecule has 3 rings (SSSR count). The Balaban J connectivity index is 1.42. The number of nitrogens with one attached hydrogen (secondary N) is 2. The zero-order chi connectivity index (χ0) is 21.3. The van der Waals surface area contributed by atoms with Gasteiger partial charge in [0.25, 0.3) is 0 Å². The molecule has 2 aromatic rings. The van der Waals surface area contributed by atoms with Gasteiger partial charge in [0, 0.05) is 43.0 Å². The van der Waals surface area contributed by atoms with Gasteiger partial charge in [-0.25, -0.2) is 9.37 Å². The van der Waals surface area contributed by atoms with Crippen LogP contribution >= 0.6 is 11.3 Å². The summed E-state index contributed by atoms with van der Waals surface area (Å²) in [5, 5.41) is 7.96. The number of hydrogen-bond donors (Lipinski definition) is 2. The second-order valence-electron chi connectivity index (χ2n) is 7.96. The summed E-state index contributed by atoms with van der Waals surface area (Å²) in [6.07, 6.45) is 3.13. The third-order valence-electron chi connectivity index (χ3n) is 5.61. The summed E-state index contributed by atoms with van der Waals surface area (Å²) >= 11 is 1.78. The number of benzene rings is 1. The number of halogens is 1. The minimum Gasteiger partial charge on any atom is -0.357 e. The van der Waals surface area contributed by atoms with Gasteiger partial charge in [0.2, 0.25) is 0 Å². The van der Waals surface area contributed by atoms with Crippen LogP contribution in [0.5, 0.6) is 0 Å². The lowest BCUT2D eigenvalue weighted by molar-refractivity contribution is 0.179. The fourth-order valence-corrected chi connectivity index (χ4v) is 4.62. The number of guanidine groups is 1. The van der Waals surface area contributed by atoms with Gasteiger partial charge in [-0.1, -0.05) is 18.2 Å². The van der Waals surface area contributed by atoms with E-state index in [1.165, 1.54) is 9.88 Å². The van der Waals surface area contributed by atoms with Gasteiger partial charge in [-0.3, -0.25) is 9.89 Å². The number of thiazole rings is 1. The Bertz CT molecular complexity index is 807. The minimum atomic E-state index is -0.103. The van der Waals surface area contributed by atoms with E-state index >= 15 is 0 Å². The molecule has 0 atom stereocenters. The number of aromatic nitrogens is 1. The SMILES string of the molecule is CCNC(=NCC1CCN(Cc2ccccc2F)CC1)NCCc1nc(C)c(C)s1. The monoisotopic (exact) mass is 431 g/mol. The Labute approximate surface area is 183 Å². The van der Waals surface area contributed by atoms with Crippen molar-refractivity contribution in [2.24, 2.45) is 10.9 Å². The topological polar surface area (TPSA) is 52.6 Å². The van der Waals surface area contributed by atoms with Crippen LogP contribution in [0.15, 0.2) is 29.3 Å². The molecule has 30 heavy (non-hydrogen) atoms. The molecular weight excluding hydrogens is 397 g/mol. The lowest BCUT2D eigenvalue weighted by Gasteiger charge is -2.31. The molecule has 1 aromatic heterocycles. The van der Waals surface area contributed by atoms with Gasteiger partial charge in [-0.15, -0.1) is 11.3 Å². The van der Waals surface area contributed by atoms with E-state index < -0.39 is 0 Å². The van der Waals surface area contributed by atoms with Crippen molar-refractivity contribution in [3.8, 4) is 0 Å².